The molecule has 0 saturated carbocycles. The van der Waals surface area contributed by atoms with Crippen LogP contribution in [0.25, 0.3) is 0 Å². The average molecular weight is 247 g/mol. The quantitative estimate of drug-likeness (QED) is 0.842. The average Bonchev–Trinajstić information content (AvgIpc) is 2.66. The third-order valence-corrected chi connectivity index (χ3v) is 3.41. The van der Waals surface area contributed by atoms with E-state index in [0.29, 0.717) is 0 Å². The van der Waals surface area contributed by atoms with Gasteiger partial charge in [-0.3, -0.25) is 4.68 Å². The molecule has 0 aliphatic rings. The van der Waals surface area contributed by atoms with E-state index in [9.17, 15) is 0 Å². The van der Waals surface area contributed by atoms with Crippen LogP contribution < -0.4 is 5.32 Å². The number of aromatic nitrogens is 2. The molecule has 3 nitrogen and oxygen atoms in total. The van der Waals surface area contributed by atoms with E-state index < -0.39 is 0 Å². The molecule has 0 aliphatic carbocycles. The molecule has 4 heteroatoms. The SMILES string of the molecule is CSc1ccc(NCc2cc(C)nn2C)cc1. The fourth-order valence-electron chi connectivity index (χ4n) is 1.73. The zero-order chi connectivity index (χ0) is 12.3. The molecule has 2 rings (SSSR count). The van der Waals surface area contributed by atoms with E-state index in [2.05, 4.69) is 47.0 Å². The van der Waals surface area contributed by atoms with Crippen LogP contribution in [0.2, 0.25) is 0 Å². The Morgan fingerprint density at radius 2 is 2.00 bits per heavy atom. The molecule has 90 valence electrons. The van der Waals surface area contributed by atoms with E-state index in [1.54, 1.807) is 11.8 Å². The van der Waals surface area contributed by atoms with E-state index >= 15 is 0 Å². The molecule has 0 fully saturated rings. The summed E-state index contributed by atoms with van der Waals surface area (Å²) in [6.45, 7) is 2.81. The summed E-state index contributed by atoms with van der Waals surface area (Å²) in [5.41, 5.74) is 3.39. The van der Waals surface area contributed by atoms with Crippen molar-refractivity contribution < 1.29 is 0 Å². The van der Waals surface area contributed by atoms with Crippen LogP contribution >= 0.6 is 11.8 Å². The third-order valence-electron chi connectivity index (χ3n) is 2.66. The Balaban J connectivity index is 1.99. The molecule has 1 N–H and O–H groups in total. The highest BCUT2D eigenvalue weighted by Gasteiger charge is 2.01. The molecule has 0 aliphatic heterocycles. The Bertz CT molecular complexity index is 488. The lowest BCUT2D eigenvalue weighted by Crippen LogP contribution is -2.05. The Morgan fingerprint density at radius 1 is 1.29 bits per heavy atom. The van der Waals surface area contributed by atoms with Gasteiger partial charge in [-0.05, 0) is 43.5 Å². The summed E-state index contributed by atoms with van der Waals surface area (Å²) < 4.78 is 1.92. The molecule has 0 saturated heterocycles. The maximum atomic E-state index is 4.32. The largest absolute Gasteiger partial charge is 0.379 e. The van der Waals surface area contributed by atoms with Crippen molar-refractivity contribution in [3.63, 3.8) is 0 Å². The summed E-state index contributed by atoms with van der Waals surface area (Å²) in [4.78, 5) is 1.28. The van der Waals surface area contributed by atoms with E-state index in [0.717, 1.165) is 17.9 Å². The fourth-order valence-corrected chi connectivity index (χ4v) is 2.14. The number of hydrogen-bond donors (Lipinski definition) is 1. The van der Waals surface area contributed by atoms with Gasteiger partial charge < -0.3 is 5.32 Å². The molecule has 17 heavy (non-hydrogen) atoms. The molecule has 0 unspecified atom stereocenters. The van der Waals surface area contributed by atoms with Crippen LogP contribution in [0, 0.1) is 6.92 Å². The zero-order valence-electron chi connectivity index (χ0n) is 10.4. The number of hydrogen-bond acceptors (Lipinski definition) is 3. The standard InChI is InChI=1S/C13H17N3S/c1-10-8-12(16(2)15-10)9-14-11-4-6-13(17-3)7-5-11/h4-8,14H,9H2,1-3H3. The molecule has 1 aromatic heterocycles. The van der Waals surface area contributed by atoms with Crippen LogP contribution in [0.5, 0.6) is 0 Å². The lowest BCUT2D eigenvalue weighted by molar-refractivity contribution is 0.713. The predicted octanol–water partition coefficient (Wildman–Crippen LogP) is 3.06. The molecule has 0 radical (unpaired) electrons. The van der Waals surface area contributed by atoms with Crippen molar-refractivity contribution in [3.8, 4) is 0 Å². The Labute approximate surface area is 106 Å². The molecule has 0 spiro atoms. The molecule has 1 aromatic carbocycles. The van der Waals surface area contributed by atoms with Gasteiger partial charge in [-0.1, -0.05) is 0 Å². The van der Waals surface area contributed by atoms with E-state index in [4.69, 9.17) is 0 Å². The van der Waals surface area contributed by atoms with Crippen molar-refractivity contribution >= 4 is 17.4 Å². The number of aryl methyl sites for hydroxylation is 2. The summed E-state index contributed by atoms with van der Waals surface area (Å²) in [6.07, 6.45) is 2.08. The van der Waals surface area contributed by atoms with Gasteiger partial charge >= 0.3 is 0 Å². The monoisotopic (exact) mass is 247 g/mol. The van der Waals surface area contributed by atoms with Gasteiger partial charge in [0.05, 0.1) is 17.9 Å². The number of nitrogens with one attached hydrogen (secondary N) is 1. The van der Waals surface area contributed by atoms with Crippen LogP contribution in [-0.4, -0.2) is 16.0 Å². The number of rotatable bonds is 4. The Morgan fingerprint density at radius 3 is 2.53 bits per heavy atom. The van der Waals surface area contributed by atoms with Crippen LogP contribution in [0.3, 0.4) is 0 Å². The number of benzene rings is 1. The van der Waals surface area contributed by atoms with E-state index in [1.165, 1.54) is 10.6 Å². The maximum Gasteiger partial charge on any atom is 0.0597 e. The molecular formula is C13H17N3S. The molecule has 2 aromatic rings. The van der Waals surface area contributed by atoms with Crippen LogP contribution in [0.4, 0.5) is 5.69 Å². The van der Waals surface area contributed by atoms with Crippen molar-refractivity contribution in [2.75, 3.05) is 11.6 Å². The minimum atomic E-state index is 0.802. The van der Waals surface area contributed by atoms with E-state index in [-0.39, 0.29) is 0 Å². The van der Waals surface area contributed by atoms with Crippen molar-refractivity contribution in [2.45, 2.75) is 18.4 Å². The van der Waals surface area contributed by atoms with Crippen LogP contribution in [0.15, 0.2) is 35.2 Å². The van der Waals surface area contributed by atoms with Gasteiger partial charge in [-0.2, -0.15) is 5.10 Å². The predicted molar refractivity (Wildman–Crippen MR) is 73.5 cm³/mol. The first kappa shape index (κ1) is 12.0. The Hall–Kier alpha value is -1.42. The van der Waals surface area contributed by atoms with Gasteiger partial charge in [-0.25, -0.2) is 0 Å². The van der Waals surface area contributed by atoms with Gasteiger partial charge in [0.25, 0.3) is 0 Å². The molecule has 1 heterocycles. The lowest BCUT2D eigenvalue weighted by atomic mass is 10.3. The second-order valence-electron chi connectivity index (χ2n) is 3.98. The van der Waals surface area contributed by atoms with Crippen molar-refractivity contribution in [2.24, 2.45) is 7.05 Å². The molecule has 0 amide bonds. The van der Waals surface area contributed by atoms with Gasteiger partial charge in [0.2, 0.25) is 0 Å². The van der Waals surface area contributed by atoms with Gasteiger partial charge in [-0.15, -0.1) is 11.8 Å². The van der Waals surface area contributed by atoms with Gasteiger partial charge in [0.15, 0.2) is 0 Å². The summed E-state index contributed by atoms with van der Waals surface area (Å²) >= 11 is 1.76. The van der Waals surface area contributed by atoms with Crippen LogP contribution in [-0.2, 0) is 13.6 Å². The Kier molecular flexibility index (Phi) is 3.74. The number of nitrogens with zero attached hydrogens (tertiary/aromatic N) is 2. The summed E-state index contributed by atoms with van der Waals surface area (Å²) in [7, 11) is 1.97. The van der Waals surface area contributed by atoms with Crippen LogP contribution in [0.1, 0.15) is 11.4 Å². The first-order valence-corrected chi connectivity index (χ1v) is 6.79. The normalized spacial score (nSPS) is 10.5. The highest BCUT2D eigenvalue weighted by atomic mass is 32.2. The highest BCUT2D eigenvalue weighted by Crippen LogP contribution is 2.18. The van der Waals surface area contributed by atoms with Gasteiger partial charge in [0, 0.05) is 17.6 Å². The maximum absolute atomic E-state index is 4.32. The zero-order valence-corrected chi connectivity index (χ0v) is 11.2. The highest BCUT2D eigenvalue weighted by molar-refractivity contribution is 7.98. The smallest absolute Gasteiger partial charge is 0.0597 e. The molecule has 0 atom stereocenters. The second-order valence-corrected chi connectivity index (χ2v) is 4.86. The first-order chi connectivity index (χ1) is 8.19. The van der Waals surface area contributed by atoms with Crippen molar-refractivity contribution in [3.05, 3.63) is 41.7 Å². The van der Waals surface area contributed by atoms with Crippen molar-refractivity contribution in [1.29, 1.82) is 0 Å². The lowest BCUT2D eigenvalue weighted by Gasteiger charge is -2.07. The molecule has 0 bridgehead atoms. The van der Waals surface area contributed by atoms with Crippen molar-refractivity contribution in [1.82, 2.24) is 9.78 Å². The fraction of sp³-hybridized carbons (Fsp3) is 0.308. The number of thioether (sulfide) groups is 1. The third kappa shape index (κ3) is 3.03. The minimum absolute atomic E-state index is 0.802. The first-order valence-electron chi connectivity index (χ1n) is 5.56. The second kappa shape index (κ2) is 5.27. The number of anilines is 1. The van der Waals surface area contributed by atoms with Gasteiger partial charge in [0.1, 0.15) is 0 Å². The minimum Gasteiger partial charge on any atom is -0.379 e. The summed E-state index contributed by atoms with van der Waals surface area (Å²) in [5, 5.41) is 7.72. The summed E-state index contributed by atoms with van der Waals surface area (Å²) in [6, 6.07) is 10.6. The molecular weight excluding hydrogens is 230 g/mol. The topological polar surface area (TPSA) is 29.9 Å². The summed E-state index contributed by atoms with van der Waals surface area (Å²) in [5.74, 6) is 0. The van der Waals surface area contributed by atoms with E-state index in [1.807, 2.05) is 18.7 Å².